The summed E-state index contributed by atoms with van der Waals surface area (Å²) in [6, 6.07) is 5.62. The molecule has 3 N–H and O–H groups in total. The van der Waals surface area contributed by atoms with Gasteiger partial charge in [-0.05, 0) is 12.1 Å². The number of anilines is 1. The Bertz CT molecular complexity index is 423. The van der Waals surface area contributed by atoms with E-state index in [0.29, 0.717) is 11.4 Å². The molecule has 0 fully saturated rings. The molecule has 14 heavy (non-hydrogen) atoms. The molecule has 0 saturated heterocycles. The maximum absolute atomic E-state index is 5.78. The maximum atomic E-state index is 5.78. The first-order chi connectivity index (χ1) is 6.83. The number of rotatable bonds is 2. The predicted octanol–water partition coefficient (Wildman–Crippen LogP) is 1.67. The first kappa shape index (κ1) is 8.62. The molecular formula is C10H11N3O. The van der Waals surface area contributed by atoms with E-state index >= 15 is 0 Å². The fourth-order valence-corrected chi connectivity index (χ4v) is 1.40. The highest BCUT2D eigenvalue weighted by molar-refractivity contribution is 5.74. The van der Waals surface area contributed by atoms with Crippen molar-refractivity contribution < 1.29 is 4.74 Å². The molecule has 0 saturated carbocycles. The molecule has 0 aliphatic heterocycles. The van der Waals surface area contributed by atoms with Crippen molar-refractivity contribution in [3.05, 3.63) is 30.7 Å². The van der Waals surface area contributed by atoms with Crippen molar-refractivity contribution in [2.45, 2.75) is 0 Å². The minimum Gasteiger partial charge on any atom is -0.494 e. The van der Waals surface area contributed by atoms with E-state index in [0.717, 1.165) is 11.3 Å². The number of hydrogen-bond acceptors (Lipinski definition) is 3. The smallest absolute Gasteiger partial charge is 0.151 e. The third-order valence-corrected chi connectivity index (χ3v) is 2.04. The Balaban J connectivity index is 2.58. The van der Waals surface area contributed by atoms with Crippen molar-refractivity contribution in [2.75, 3.05) is 12.8 Å². The molecule has 2 aromatic rings. The second-order valence-electron chi connectivity index (χ2n) is 2.89. The van der Waals surface area contributed by atoms with E-state index in [1.54, 1.807) is 25.7 Å². The molecule has 0 radical (unpaired) electrons. The zero-order chi connectivity index (χ0) is 9.97. The highest BCUT2D eigenvalue weighted by Gasteiger charge is 2.08. The number of ether oxygens (including phenoxy) is 1. The second kappa shape index (κ2) is 3.41. The Hall–Kier alpha value is -1.97. The summed E-state index contributed by atoms with van der Waals surface area (Å²) in [4.78, 5) is 6.96. The number of nitrogen functional groups attached to an aromatic ring is 1. The van der Waals surface area contributed by atoms with Crippen LogP contribution in [-0.2, 0) is 0 Å². The zero-order valence-corrected chi connectivity index (χ0v) is 7.82. The summed E-state index contributed by atoms with van der Waals surface area (Å²) in [5.41, 5.74) is 8.22. The second-order valence-corrected chi connectivity index (χ2v) is 2.89. The van der Waals surface area contributed by atoms with Crippen molar-refractivity contribution in [3.8, 4) is 17.0 Å². The van der Waals surface area contributed by atoms with E-state index in [4.69, 9.17) is 10.5 Å². The Morgan fingerprint density at radius 3 is 2.93 bits per heavy atom. The number of hydrogen-bond donors (Lipinski definition) is 2. The number of nitrogens with one attached hydrogen (secondary N) is 1. The molecule has 0 unspecified atom stereocenters. The number of nitrogens with two attached hydrogens (primary N) is 1. The lowest BCUT2D eigenvalue weighted by atomic mass is 10.1. The van der Waals surface area contributed by atoms with E-state index in [2.05, 4.69) is 9.97 Å². The van der Waals surface area contributed by atoms with Gasteiger partial charge >= 0.3 is 0 Å². The monoisotopic (exact) mass is 189 g/mol. The van der Waals surface area contributed by atoms with Crippen molar-refractivity contribution in [1.29, 1.82) is 0 Å². The van der Waals surface area contributed by atoms with E-state index in [1.807, 2.05) is 12.1 Å². The highest BCUT2D eigenvalue weighted by atomic mass is 16.5. The number of aromatic amines is 1. The highest BCUT2D eigenvalue weighted by Crippen LogP contribution is 2.32. The SMILES string of the molecule is COc1c(N)cccc1-c1cnc[nH]1. The molecule has 1 aromatic heterocycles. The van der Waals surface area contributed by atoms with Crippen molar-refractivity contribution in [1.82, 2.24) is 9.97 Å². The van der Waals surface area contributed by atoms with Gasteiger partial charge in [0.1, 0.15) is 0 Å². The predicted molar refractivity (Wildman–Crippen MR) is 55.0 cm³/mol. The maximum Gasteiger partial charge on any atom is 0.151 e. The van der Waals surface area contributed by atoms with Crippen molar-refractivity contribution in [2.24, 2.45) is 0 Å². The standard InChI is InChI=1S/C10H11N3O/c1-14-10-7(3-2-4-8(10)11)9-5-12-6-13-9/h2-6H,11H2,1H3,(H,12,13). The fraction of sp³-hybridized carbons (Fsp3) is 0.100. The topological polar surface area (TPSA) is 63.9 Å². The molecule has 0 spiro atoms. The van der Waals surface area contributed by atoms with Gasteiger partial charge in [-0.25, -0.2) is 4.98 Å². The average Bonchev–Trinajstić information content (AvgIpc) is 2.70. The number of aromatic nitrogens is 2. The van der Waals surface area contributed by atoms with Gasteiger partial charge in [0.2, 0.25) is 0 Å². The van der Waals surface area contributed by atoms with Crippen molar-refractivity contribution in [3.63, 3.8) is 0 Å². The van der Waals surface area contributed by atoms with Crippen LogP contribution in [0.15, 0.2) is 30.7 Å². The van der Waals surface area contributed by atoms with Crippen LogP contribution in [0, 0.1) is 0 Å². The van der Waals surface area contributed by atoms with Gasteiger partial charge in [-0.1, -0.05) is 6.07 Å². The van der Waals surface area contributed by atoms with Crippen LogP contribution >= 0.6 is 0 Å². The van der Waals surface area contributed by atoms with Crippen LogP contribution in [0.4, 0.5) is 5.69 Å². The van der Waals surface area contributed by atoms with E-state index in [9.17, 15) is 0 Å². The molecule has 4 heteroatoms. The number of nitrogens with zero attached hydrogens (tertiary/aromatic N) is 1. The molecule has 0 aliphatic rings. The summed E-state index contributed by atoms with van der Waals surface area (Å²) in [6.07, 6.45) is 3.36. The lowest BCUT2D eigenvalue weighted by Crippen LogP contribution is -1.94. The van der Waals surface area contributed by atoms with Crippen LogP contribution in [0.3, 0.4) is 0 Å². The molecule has 0 amide bonds. The van der Waals surface area contributed by atoms with Crippen LogP contribution in [0.1, 0.15) is 0 Å². The number of imidazole rings is 1. The average molecular weight is 189 g/mol. The van der Waals surface area contributed by atoms with Crippen molar-refractivity contribution >= 4 is 5.69 Å². The molecule has 1 heterocycles. The van der Waals surface area contributed by atoms with Crippen LogP contribution in [-0.4, -0.2) is 17.1 Å². The quantitative estimate of drug-likeness (QED) is 0.706. The molecule has 4 nitrogen and oxygen atoms in total. The Kier molecular flexibility index (Phi) is 2.10. The zero-order valence-electron chi connectivity index (χ0n) is 7.82. The fourth-order valence-electron chi connectivity index (χ4n) is 1.40. The summed E-state index contributed by atoms with van der Waals surface area (Å²) in [6.45, 7) is 0. The number of benzene rings is 1. The van der Waals surface area contributed by atoms with Gasteiger partial charge in [-0.2, -0.15) is 0 Å². The molecule has 0 aliphatic carbocycles. The first-order valence-electron chi connectivity index (χ1n) is 4.24. The largest absolute Gasteiger partial charge is 0.494 e. The third-order valence-electron chi connectivity index (χ3n) is 2.04. The molecular weight excluding hydrogens is 178 g/mol. The molecule has 2 rings (SSSR count). The molecule has 0 atom stereocenters. The van der Waals surface area contributed by atoms with Gasteiger partial charge in [0.25, 0.3) is 0 Å². The van der Waals surface area contributed by atoms with Crippen LogP contribution in [0.5, 0.6) is 5.75 Å². The number of methoxy groups -OCH3 is 1. The summed E-state index contributed by atoms with van der Waals surface area (Å²) < 4.78 is 5.23. The summed E-state index contributed by atoms with van der Waals surface area (Å²) in [7, 11) is 1.60. The summed E-state index contributed by atoms with van der Waals surface area (Å²) in [5.74, 6) is 0.678. The van der Waals surface area contributed by atoms with E-state index in [1.165, 1.54) is 0 Å². The Labute approximate surface area is 81.7 Å². The lowest BCUT2D eigenvalue weighted by Gasteiger charge is -2.08. The van der Waals surface area contributed by atoms with Gasteiger partial charge in [0.05, 0.1) is 31.0 Å². The molecule has 1 aromatic carbocycles. The first-order valence-corrected chi connectivity index (χ1v) is 4.24. The van der Waals surface area contributed by atoms with Crippen LogP contribution < -0.4 is 10.5 Å². The van der Waals surface area contributed by atoms with E-state index in [-0.39, 0.29) is 0 Å². The molecule has 72 valence electrons. The minimum absolute atomic E-state index is 0.625. The van der Waals surface area contributed by atoms with E-state index < -0.39 is 0 Å². The van der Waals surface area contributed by atoms with Crippen LogP contribution in [0.2, 0.25) is 0 Å². The summed E-state index contributed by atoms with van der Waals surface area (Å²) in [5, 5.41) is 0. The van der Waals surface area contributed by atoms with Gasteiger partial charge < -0.3 is 15.5 Å². The van der Waals surface area contributed by atoms with Gasteiger partial charge in [0.15, 0.2) is 5.75 Å². The Morgan fingerprint density at radius 2 is 2.29 bits per heavy atom. The number of para-hydroxylation sites is 1. The Morgan fingerprint density at radius 1 is 1.43 bits per heavy atom. The van der Waals surface area contributed by atoms with Gasteiger partial charge in [0, 0.05) is 5.56 Å². The lowest BCUT2D eigenvalue weighted by molar-refractivity contribution is 0.418. The van der Waals surface area contributed by atoms with Gasteiger partial charge in [-0.15, -0.1) is 0 Å². The normalized spacial score (nSPS) is 10.1. The molecule has 0 bridgehead atoms. The summed E-state index contributed by atoms with van der Waals surface area (Å²) >= 11 is 0. The number of H-pyrrole nitrogens is 1. The van der Waals surface area contributed by atoms with Crippen LogP contribution in [0.25, 0.3) is 11.3 Å². The third kappa shape index (κ3) is 1.31. The minimum atomic E-state index is 0.625. The van der Waals surface area contributed by atoms with Gasteiger partial charge in [-0.3, -0.25) is 0 Å².